The number of ether oxygens (including phenoxy) is 1. The Labute approximate surface area is 250 Å². The lowest BCUT2D eigenvalue weighted by atomic mass is 9.87. The van der Waals surface area contributed by atoms with Crippen LogP contribution in [0.3, 0.4) is 0 Å². The maximum atomic E-state index is 12.6. The van der Waals surface area contributed by atoms with E-state index < -0.39 is 30.4 Å². The minimum atomic E-state index is -1.41. The number of likely N-dealkylation sites (N-methyl/N-ethyl adjacent to an activating group) is 1. The van der Waals surface area contributed by atoms with Gasteiger partial charge in [0.2, 0.25) is 5.95 Å². The van der Waals surface area contributed by atoms with Crippen molar-refractivity contribution in [1.82, 2.24) is 40.8 Å². The van der Waals surface area contributed by atoms with E-state index in [1.807, 2.05) is 4.90 Å². The molecule has 7 N–H and O–H groups in total. The molecule has 0 radical (unpaired) electrons. The fourth-order valence-electron chi connectivity index (χ4n) is 6.56. The second kappa shape index (κ2) is 12.8. The molecule has 4 aliphatic rings. The number of hydrogen-bond donors (Lipinski definition) is 7. The molecule has 0 unspecified atom stereocenters. The number of aromatic nitrogens is 4. The Kier molecular flexibility index (Phi) is 8.84. The number of aliphatic hydroxyl groups is 2. The number of carbonyl (C=O) groups is 2. The van der Waals surface area contributed by atoms with Crippen molar-refractivity contribution in [2.75, 3.05) is 42.9 Å². The second-order valence-corrected chi connectivity index (χ2v) is 12.4. The van der Waals surface area contributed by atoms with Crippen LogP contribution in [0, 0.1) is 5.92 Å². The third-order valence-electron chi connectivity index (χ3n) is 9.09. The van der Waals surface area contributed by atoms with E-state index in [2.05, 4.69) is 38.5 Å². The standard InChI is InChI=1S/C28H44N10O5/c1-3-30-25(41)22-20(39)21(40)26(43-22)38-14-31-19-23(32-16-6-4-15(2)5-7-16)35-27(36-24(19)38)37-11-9-18(13-37)34-28(42)33-17-8-10-29-12-17/h14-18,20-22,26,29,39-40H,3-13H2,1-2H3,(H,30,41)(H,32,35,36)(H2,33,34,42)/t15-,16-,17-,18-,20+,21-,22+,26-/m1/s1. The maximum Gasteiger partial charge on any atom is 0.315 e. The van der Waals surface area contributed by atoms with Gasteiger partial charge in [-0.1, -0.05) is 6.92 Å². The fourth-order valence-corrected chi connectivity index (χ4v) is 6.56. The van der Waals surface area contributed by atoms with Crippen LogP contribution in [0.1, 0.15) is 58.6 Å². The summed E-state index contributed by atoms with van der Waals surface area (Å²) >= 11 is 0. The molecule has 0 aromatic carbocycles. The summed E-state index contributed by atoms with van der Waals surface area (Å²) in [6, 6.07) is 0.143. The topological polar surface area (TPSA) is 191 Å². The highest BCUT2D eigenvalue weighted by atomic mass is 16.6. The number of anilines is 2. The van der Waals surface area contributed by atoms with Crippen LogP contribution < -0.4 is 31.5 Å². The number of amides is 3. The summed E-state index contributed by atoms with van der Waals surface area (Å²) in [6.45, 7) is 7.29. The van der Waals surface area contributed by atoms with E-state index in [0.29, 0.717) is 48.5 Å². The third kappa shape index (κ3) is 6.35. The van der Waals surface area contributed by atoms with Crippen LogP contribution in [0.15, 0.2) is 6.33 Å². The van der Waals surface area contributed by atoms with Crippen LogP contribution in [0.5, 0.6) is 0 Å². The molecule has 3 aliphatic heterocycles. The molecule has 43 heavy (non-hydrogen) atoms. The Morgan fingerprint density at radius 1 is 1.05 bits per heavy atom. The molecule has 236 valence electrons. The van der Waals surface area contributed by atoms with E-state index in [1.54, 1.807) is 11.5 Å². The van der Waals surface area contributed by atoms with E-state index >= 15 is 0 Å². The molecule has 0 spiro atoms. The second-order valence-electron chi connectivity index (χ2n) is 12.4. The number of fused-ring (bicyclic) bond motifs is 1. The zero-order valence-corrected chi connectivity index (χ0v) is 24.8. The molecule has 5 heterocycles. The Morgan fingerprint density at radius 3 is 2.58 bits per heavy atom. The van der Waals surface area contributed by atoms with Crippen molar-refractivity contribution in [3.05, 3.63) is 6.33 Å². The average molecular weight is 601 g/mol. The third-order valence-corrected chi connectivity index (χ3v) is 9.09. The fraction of sp³-hybridized carbons (Fsp3) is 0.750. The minimum absolute atomic E-state index is 0.0669. The molecule has 15 nitrogen and oxygen atoms in total. The van der Waals surface area contributed by atoms with Crippen molar-refractivity contribution >= 4 is 34.9 Å². The normalized spacial score (nSPS) is 32.7. The van der Waals surface area contributed by atoms with Crippen LogP contribution in [0.2, 0.25) is 0 Å². The number of nitrogens with one attached hydrogen (secondary N) is 5. The minimum Gasteiger partial charge on any atom is -0.387 e. The van der Waals surface area contributed by atoms with Gasteiger partial charge >= 0.3 is 6.03 Å². The first-order chi connectivity index (χ1) is 20.8. The molecular formula is C28H44N10O5. The van der Waals surface area contributed by atoms with Crippen molar-refractivity contribution in [1.29, 1.82) is 0 Å². The molecular weight excluding hydrogens is 556 g/mol. The highest BCUT2D eigenvalue weighted by molar-refractivity contribution is 5.85. The predicted octanol–water partition coefficient (Wildman–Crippen LogP) is -0.188. The molecule has 1 saturated carbocycles. The number of hydrogen-bond acceptors (Lipinski definition) is 11. The lowest BCUT2D eigenvalue weighted by Crippen LogP contribution is -2.47. The summed E-state index contributed by atoms with van der Waals surface area (Å²) < 4.78 is 7.46. The molecule has 6 atom stereocenters. The molecule has 4 fully saturated rings. The quantitative estimate of drug-likeness (QED) is 0.213. The summed E-state index contributed by atoms with van der Waals surface area (Å²) in [7, 11) is 0. The summed E-state index contributed by atoms with van der Waals surface area (Å²) in [4.78, 5) is 41.5. The van der Waals surface area contributed by atoms with Gasteiger partial charge in [-0.25, -0.2) is 9.78 Å². The van der Waals surface area contributed by atoms with E-state index in [-0.39, 0.29) is 24.2 Å². The van der Waals surface area contributed by atoms with Gasteiger partial charge in [-0.15, -0.1) is 0 Å². The Balaban J connectivity index is 1.25. The number of carbonyl (C=O) groups excluding carboxylic acids is 2. The van der Waals surface area contributed by atoms with Crippen LogP contribution >= 0.6 is 0 Å². The molecule has 3 saturated heterocycles. The molecule has 2 aromatic rings. The smallest absolute Gasteiger partial charge is 0.315 e. The van der Waals surface area contributed by atoms with Gasteiger partial charge < -0.3 is 46.4 Å². The van der Waals surface area contributed by atoms with E-state index in [9.17, 15) is 19.8 Å². The molecule has 0 bridgehead atoms. The van der Waals surface area contributed by atoms with Crippen molar-refractivity contribution in [2.24, 2.45) is 5.92 Å². The van der Waals surface area contributed by atoms with Crippen LogP contribution in [0.4, 0.5) is 16.6 Å². The molecule has 15 heteroatoms. The maximum absolute atomic E-state index is 12.6. The first-order valence-corrected chi connectivity index (χ1v) is 15.6. The van der Waals surface area contributed by atoms with Gasteiger partial charge in [-0.3, -0.25) is 9.36 Å². The molecule has 6 rings (SSSR count). The SMILES string of the molecule is CCNC(=O)[C@H]1O[C@@H](n2cnc3c(N[C@H]4CC[C@H](C)CC4)nc(N4CC[C@@H](NC(=O)N[C@@H]5CCNC5)C4)nc32)[C@H](O)[C@@H]1O. The summed E-state index contributed by atoms with van der Waals surface area (Å²) in [5.74, 6) is 1.27. The average Bonchev–Trinajstić information content (AvgIpc) is 3.79. The monoisotopic (exact) mass is 600 g/mol. The van der Waals surface area contributed by atoms with Crippen LogP contribution in [0.25, 0.3) is 11.2 Å². The van der Waals surface area contributed by atoms with Crippen LogP contribution in [-0.4, -0.2) is 111 Å². The lowest BCUT2D eigenvalue weighted by molar-refractivity contribution is -0.137. The Hall–Kier alpha value is -3.27. The predicted molar refractivity (Wildman–Crippen MR) is 159 cm³/mol. The first kappa shape index (κ1) is 29.8. The van der Waals surface area contributed by atoms with E-state index in [1.165, 1.54) is 6.33 Å². The van der Waals surface area contributed by atoms with E-state index in [0.717, 1.165) is 51.6 Å². The number of urea groups is 1. The summed E-state index contributed by atoms with van der Waals surface area (Å²) in [5, 5.41) is 37.2. The number of nitrogens with zero attached hydrogens (tertiary/aromatic N) is 5. The lowest BCUT2D eigenvalue weighted by Gasteiger charge is -2.28. The van der Waals surface area contributed by atoms with Gasteiger partial charge in [0.15, 0.2) is 29.3 Å². The molecule has 3 amide bonds. The van der Waals surface area contributed by atoms with Crippen molar-refractivity contribution in [3.63, 3.8) is 0 Å². The van der Waals surface area contributed by atoms with Gasteiger partial charge in [0.05, 0.1) is 6.33 Å². The van der Waals surface area contributed by atoms with Crippen molar-refractivity contribution in [3.8, 4) is 0 Å². The first-order valence-electron chi connectivity index (χ1n) is 15.6. The van der Waals surface area contributed by atoms with Gasteiger partial charge in [0.1, 0.15) is 12.2 Å². The summed E-state index contributed by atoms with van der Waals surface area (Å²) in [6.07, 6.45) is 2.41. The zero-order valence-electron chi connectivity index (χ0n) is 24.8. The van der Waals surface area contributed by atoms with E-state index in [4.69, 9.17) is 14.7 Å². The molecule has 1 aliphatic carbocycles. The molecule has 2 aromatic heterocycles. The van der Waals surface area contributed by atoms with Crippen molar-refractivity contribution in [2.45, 2.75) is 95.0 Å². The largest absolute Gasteiger partial charge is 0.387 e. The van der Waals surface area contributed by atoms with Gasteiger partial charge in [-0.05, 0) is 57.9 Å². The zero-order chi connectivity index (χ0) is 30.1. The number of imidazole rings is 1. The van der Waals surface area contributed by atoms with Crippen molar-refractivity contribution < 1.29 is 24.5 Å². The van der Waals surface area contributed by atoms with Gasteiger partial charge in [0, 0.05) is 44.3 Å². The number of rotatable bonds is 8. The highest BCUT2D eigenvalue weighted by Crippen LogP contribution is 2.35. The van der Waals surface area contributed by atoms with Crippen LogP contribution in [-0.2, 0) is 9.53 Å². The number of aliphatic hydroxyl groups excluding tert-OH is 2. The Morgan fingerprint density at radius 2 is 1.84 bits per heavy atom. The Bertz CT molecular complexity index is 1290. The highest BCUT2D eigenvalue weighted by Gasteiger charge is 2.48. The summed E-state index contributed by atoms with van der Waals surface area (Å²) in [5.41, 5.74) is 0.944. The van der Waals surface area contributed by atoms with Gasteiger partial charge in [-0.2, -0.15) is 9.97 Å². The van der Waals surface area contributed by atoms with Gasteiger partial charge in [0.25, 0.3) is 5.91 Å².